The van der Waals surface area contributed by atoms with Crippen LogP contribution in [0.15, 0.2) is 39.0 Å². The van der Waals surface area contributed by atoms with Gasteiger partial charge in [0.2, 0.25) is 11.7 Å². The maximum absolute atomic E-state index is 12.6. The number of halogens is 1. The largest absolute Gasteiger partial charge is 0.339 e. The molecule has 0 unspecified atom stereocenters. The number of hydrogen-bond donors (Lipinski definition) is 0. The molecule has 0 bridgehead atoms. The topological polar surface area (TPSA) is 85.0 Å². The Morgan fingerprint density at radius 1 is 1.42 bits per heavy atom. The van der Waals surface area contributed by atoms with Gasteiger partial charge < -0.3 is 9.42 Å². The van der Waals surface area contributed by atoms with Gasteiger partial charge >= 0.3 is 0 Å². The van der Waals surface area contributed by atoms with Crippen LogP contribution in [0.4, 0.5) is 0 Å². The summed E-state index contributed by atoms with van der Waals surface area (Å²) >= 11 is 4.87. The standard InChI is InChI=1S/C17H16BrN5O2S/c18-12-7-14(26-10-12)17(24)23-5-1-2-11(9-23)6-15-21-16(22-25-15)13-8-19-3-4-20-13/h3-4,7-8,10-11H,1-2,5-6,9H2/t11-/m1/s1. The number of carbonyl (C=O) groups is 1. The van der Waals surface area contributed by atoms with Crippen molar-refractivity contribution in [1.29, 1.82) is 0 Å². The van der Waals surface area contributed by atoms with E-state index in [2.05, 4.69) is 36.0 Å². The highest BCUT2D eigenvalue weighted by atomic mass is 79.9. The zero-order valence-electron chi connectivity index (χ0n) is 13.8. The lowest BCUT2D eigenvalue weighted by Gasteiger charge is -2.31. The van der Waals surface area contributed by atoms with Crippen molar-refractivity contribution in [3.63, 3.8) is 0 Å². The van der Waals surface area contributed by atoms with E-state index in [-0.39, 0.29) is 5.91 Å². The summed E-state index contributed by atoms with van der Waals surface area (Å²) in [6.07, 6.45) is 7.48. The highest BCUT2D eigenvalue weighted by Gasteiger charge is 2.27. The normalized spacial score (nSPS) is 17.4. The van der Waals surface area contributed by atoms with Gasteiger partial charge in [-0.25, -0.2) is 4.98 Å². The van der Waals surface area contributed by atoms with E-state index >= 15 is 0 Å². The first-order valence-electron chi connectivity index (χ1n) is 8.31. The molecule has 1 fully saturated rings. The number of nitrogens with zero attached hydrogens (tertiary/aromatic N) is 5. The predicted molar refractivity (Wildman–Crippen MR) is 99.7 cm³/mol. The molecule has 0 aromatic carbocycles. The van der Waals surface area contributed by atoms with Crippen LogP contribution >= 0.6 is 27.3 Å². The van der Waals surface area contributed by atoms with Crippen LogP contribution in [0, 0.1) is 5.92 Å². The van der Waals surface area contributed by atoms with Crippen molar-refractivity contribution in [3.8, 4) is 11.5 Å². The Balaban J connectivity index is 1.41. The van der Waals surface area contributed by atoms with Crippen LogP contribution < -0.4 is 0 Å². The molecule has 1 amide bonds. The quantitative estimate of drug-likeness (QED) is 0.626. The average Bonchev–Trinajstić information content (AvgIpc) is 3.31. The Morgan fingerprint density at radius 2 is 2.35 bits per heavy atom. The van der Waals surface area contributed by atoms with Crippen LogP contribution in [0.5, 0.6) is 0 Å². The summed E-state index contributed by atoms with van der Waals surface area (Å²) in [5, 5.41) is 5.92. The second-order valence-corrected chi connectivity index (χ2v) is 8.02. The third kappa shape index (κ3) is 3.83. The first-order chi connectivity index (χ1) is 12.7. The van der Waals surface area contributed by atoms with Crippen molar-refractivity contribution in [3.05, 3.63) is 45.3 Å². The van der Waals surface area contributed by atoms with E-state index < -0.39 is 0 Å². The van der Waals surface area contributed by atoms with E-state index in [0.29, 0.717) is 36.3 Å². The predicted octanol–water partition coefficient (Wildman–Crippen LogP) is 3.45. The third-order valence-electron chi connectivity index (χ3n) is 4.31. The van der Waals surface area contributed by atoms with Gasteiger partial charge in [-0.3, -0.25) is 9.78 Å². The Labute approximate surface area is 162 Å². The second-order valence-electron chi connectivity index (χ2n) is 6.20. The van der Waals surface area contributed by atoms with Gasteiger partial charge in [0.25, 0.3) is 5.91 Å². The van der Waals surface area contributed by atoms with Crippen molar-refractivity contribution in [2.75, 3.05) is 13.1 Å². The first kappa shape index (κ1) is 17.3. The molecule has 1 atom stereocenters. The number of aromatic nitrogens is 4. The van der Waals surface area contributed by atoms with Gasteiger partial charge in [0.15, 0.2) is 0 Å². The van der Waals surface area contributed by atoms with Crippen LogP contribution in [0.1, 0.15) is 28.4 Å². The van der Waals surface area contributed by atoms with E-state index in [1.54, 1.807) is 18.6 Å². The molecule has 3 aromatic heterocycles. The van der Waals surface area contributed by atoms with Crippen molar-refractivity contribution in [2.24, 2.45) is 5.92 Å². The minimum absolute atomic E-state index is 0.0937. The minimum atomic E-state index is 0.0937. The summed E-state index contributed by atoms with van der Waals surface area (Å²) in [4.78, 5) is 27.9. The van der Waals surface area contributed by atoms with Crippen LogP contribution in [0.2, 0.25) is 0 Å². The monoisotopic (exact) mass is 433 g/mol. The fourth-order valence-electron chi connectivity index (χ4n) is 3.10. The number of hydrogen-bond acceptors (Lipinski definition) is 7. The summed E-state index contributed by atoms with van der Waals surface area (Å²) in [7, 11) is 0. The molecular weight excluding hydrogens is 418 g/mol. The summed E-state index contributed by atoms with van der Waals surface area (Å²) in [6.45, 7) is 1.50. The molecule has 26 heavy (non-hydrogen) atoms. The molecule has 0 saturated carbocycles. The fourth-order valence-corrected chi connectivity index (χ4v) is 4.49. The van der Waals surface area contributed by atoms with E-state index in [0.717, 1.165) is 28.7 Å². The first-order valence-corrected chi connectivity index (χ1v) is 9.98. The molecule has 0 spiro atoms. The summed E-state index contributed by atoms with van der Waals surface area (Å²) in [6, 6.07) is 1.88. The fraction of sp³-hybridized carbons (Fsp3) is 0.353. The van der Waals surface area contributed by atoms with Gasteiger partial charge in [-0.05, 0) is 40.8 Å². The lowest BCUT2D eigenvalue weighted by Crippen LogP contribution is -2.40. The third-order valence-corrected chi connectivity index (χ3v) is 5.99. The summed E-state index contributed by atoms with van der Waals surface area (Å²) in [5.74, 6) is 1.42. The molecular formula is C17H16BrN5O2S. The van der Waals surface area contributed by atoms with Crippen molar-refractivity contribution >= 4 is 33.2 Å². The Morgan fingerprint density at radius 3 is 3.12 bits per heavy atom. The number of carbonyl (C=O) groups excluding carboxylic acids is 1. The van der Waals surface area contributed by atoms with Crippen LogP contribution in [0.3, 0.4) is 0 Å². The summed E-state index contributed by atoms with van der Waals surface area (Å²) in [5.41, 5.74) is 0.589. The highest BCUT2D eigenvalue weighted by Crippen LogP contribution is 2.26. The molecule has 0 N–H and O–H groups in total. The number of piperidine rings is 1. The van der Waals surface area contributed by atoms with Crippen molar-refractivity contribution in [2.45, 2.75) is 19.3 Å². The van der Waals surface area contributed by atoms with E-state index in [4.69, 9.17) is 4.52 Å². The summed E-state index contributed by atoms with van der Waals surface area (Å²) < 4.78 is 6.32. The number of thiophene rings is 1. The Bertz CT molecular complexity index is 897. The second kappa shape index (κ2) is 7.63. The number of amides is 1. The number of rotatable bonds is 4. The molecule has 7 nitrogen and oxygen atoms in total. The molecule has 0 radical (unpaired) electrons. The molecule has 0 aliphatic carbocycles. The molecule has 4 heterocycles. The van der Waals surface area contributed by atoms with Gasteiger partial charge in [0.05, 0.1) is 11.1 Å². The zero-order valence-corrected chi connectivity index (χ0v) is 16.2. The average molecular weight is 434 g/mol. The number of likely N-dealkylation sites (tertiary alicyclic amines) is 1. The maximum atomic E-state index is 12.6. The molecule has 3 aromatic rings. The van der Waals surface area contributed by atoms with Crippen molar-refractivity contribution in [1.82, 2.24) is 25.0 Å². The molecule has 4 rings (SSSR count). The molecule has 1 saturated heterocycles. The van der Waals surface area contributed by atoms with Gasteiger partial charge in [-0.1, -0.05) is 5.16 Å². The minimum Gasteiger partial charge on any atom is -0.339 e. The Hall–Kier alpha value is -2.13. The van der Waals surface area contributed by atoms with Crippen LogP contribution in [0.25, 0.3) is 11.5 Å². The van der Waals surface area contributed by atoms with Gasteiger partial charge in [-0.15, -0.1) is 11.3 Å². The highest BCUT2D eigenvalue weighted by molar-refractivity contribution is 9.10. The zero-order chi connectivity index (χ0) is 17.9. The smallest absolute Gasteiger partial charge is 0.263 e. The lowest BCUT2D eigenvalue weighted by atomic mass is 9.94. The van der Waals surface area contributed by atoms with Gasteiger partial charge in [-0.2, -0.15) is 4.98 Å². The molecule has 1 aliphatic heterocycles. The van der Waals surface area contributed by atoms with E-state index in [9.17, 15) is 4.79 Å². The molecule has 134 valence electrons. The maximum Gasteiger partial charge on any atom is 0.263 e. The SMILES string of the molecule is O=C(c1cc(Br)cs1)N1CCC[C@H](Cc2nc(-c3cnccn3)no2)C1. The molecule has 9 heteroatoms. The van der Waals surface area contributed by atoms with Crippen LogP contribution in [-0.2, 0) is 6.42 Å². The lowest BCUT2D eigenvalue weighted by molar-refractivity contribution is 0.0673. The van der Waals surface area contributed by atoms with E-state index in [1.165, 1.54) is 11.3 Å². The Kier molecular flexibility index (Phi) is 5.07. The van der Waals surface area contributed by atoms with E-state index in [1.807, 2.05) is 16.3 Å². The van der Waals surface area contributed by atoms with Crippen molar-refractivity contribution < 1.29 is 9.32 Å². The molecule has 1 aliphatic rings. The van der Waals surface area contributed by atoms with Gasteiger partial charge in [0.1, 0.15) is 5.69 Å². The van der Waals surface area contributed by atoms with Gasteiger partial charge in [0, 0.05) is 41.8 Å². The van der Waals surface area contributed by atoms with Crippen LogP contribution in [-0.4, -0.2) is 44.0 Å².